The van der Waals surface area contributed by atoms with Gasteiger partial charge in [-0.2, -0.15) is 0 Å². The maximum Gasteiger partial charge on any atom is 0.191 e. The quantitative estimate of drug-likeness (QED) is 0.549. The van der Waals surface area contributed by atoms with Crippen LogP contribution in [0.15, 0.2) is 60.7 Å². The lowest BCUT2D eigenvalue weighted by molar-refractivity contribution is 0.107. The SMILES string of the molecule is CC(C)(C)[Si](C)(C)OC[C@@H](CO)CN(Cc1ccccc1)Cc1ccccc1. The molecule has 0 heterocycles. The zero-order valence-corrected chi connectivity index (χ0v) is 19.2. The Labute approximate surface area is 172 Å². The minimum atomic E-state index is -1.81. The van der Waals surface area contributed by atoms with E-state index in [4.69, 9.17) is 4.43 Å². The van der Waals surface area contributed by atoms with Crippen LogP contribution in [0.4, 0.5) is 0 Å². The van der Waals surface area contributed by atoms with Crippen LogP contribution < -0.4 is 0 Å². The van der Waals surface area contributed by atoms with Crippen LogP contribution in [0.2, 0.25) is 18.1 Å². The van der Waals surface area contributed by atoms with Crippen molar-refractivity contribution in [1.29, 1.82) is 0 Å². The van der Waals surface area contributed by atoms with Gasteiger partial charge in [-0.15, -0.1) is 0 Å². The molecule has 0 aliphatic carbocycles. The average molecular weight is 400 g/mol. The first-order valence-corrected chi connectivity index (χ1v) is 13.2. The van der Waals surface area contributed by atoms with Crippen LogP contribution in [-0.4, -0.2) is 38.1 Å². The molecule has 0 spiro atoms. The third-order valence-corrected chi connectivity index (χ3v) is 10.3. The first kappa shape index (κ1) is 22.8. The van der Waals surface area contributed by atoms with E-state index in [0.29, 0.717) is 6.61 Å². The van der Waals surface area contributed by atoms with Crippen molar-refractivity contribution in [1.82, 2.24) is 4.90 Å². The molecule has 4 heteroatoms. The van der Waals surface area contributed by atoms with Gasteiger partial charge in [0, 0.05) is 38.8 Å². The Bertz CT molecular complexity index is 641. The fraction of sp³-hybridized carbons (Fsp3) is 0.500. The summed E-state index contributed by atoms with van der Waals surface area (Å²) < 4.78 is 6.40. The van der Waals surface area contributed by atoms with Gasteiger partial charge in [0.1, 0.15) is 0 Å². The second-order valence-corrected chi connectivity index (χ2v) is 14.1. The van der Waals surface area contributed by atoms with Crippen LogP contribution in [0.25, 0.3) is 0 Å². The molecule has 0 saturated carbocycles. The highest BCUT2D eigenvalue weighted by Crippen LogP contribution is 2.36. The molecule has 154 valence electrons. The maximum absolute atomic E-state index is 10.0. The van der Waals surface area contributed by atoms with E-state index in [1.165, 1.54) is 11.1 Å². The molecule has 0 aliphatic heterocycles. The van der Waals surface area contributed by atoms with Gasteiger partial charge in [0.15, 0.2) is 8.32 Å². The summed E-state index contributed by atoms with van der Waals surface area (Å²) in [6.45, 7) is 14.6. The Kier molecular flexibility index (Phi) is 8.44. The molecule has 0 aromatic heterocycles. The summed E-state index contributed by atoms with van der Waals surface area (Å²) in [5, 5.41) is 10.2. The number of aliphatic hydroxyl groups excluding tert-OH is 1. The number of nitrogens with zero attached hydrogens (tertiary/aromatic N) is 1. The van der Waals surface area contributed by atoms with Gasteiger partial charge in [0.05, 0.1) is 0 Å². The van der Waals surface area contributed by atoms with E-state index in [1.807, 2.05) is 0 Å². The van der Waals surface area contributed by atoms with E-state index in [1.54, 1.807) is 0 Å². The van der Waals surface area contributed by atoms with Crippen LogP contribution in [0, 0.1) is 5.92 Å². The van der Waals surface area contributed by atoms with Crippen LogP contribution >= 0.6 is 0 Å². The fourth-order valence-electron chi connectivity index (χ4n) is 2.94. The number of aliphatic hydroxyl groups is 1. The van der Waals surface area contributed by atoms with Gasteiger partial charge in [0.25, 0.3) is 0 Å². The molecule has 2 aromatic carbocycles. The Balaban J connectivity index is 2.06. The summed E-state index contributed by atoms with van der Waals surface area (Å²) in [5.41, 5.74) is 2.58. The summed E-state index contributed by atoms with van der Waals surface area (Å²) in [5.74, 6) is 0.113. The van der Waals surface area contributed by atoms with Gasteiger partial charge in [-0.05, 0) is 29.3 Å². The van der Waals surface area contributed by atoms with Gasteiger partial charge >= 0.3 is 0 Å². The van der Waals surface area contributed by atoms with Gasteiger partial charge in [-0.25, -0.2) is 0 Å². The molecular formula is C24H37NO2Si. The Morgan fingerprint density at radius 2 is 1.36 bits per heavy atom. The monoisotopic (exact) mass is 399 g/mol. The van der Waals surface area contributed by atoms with Crippen LogP contribution in [0.3, 0.4) is 0 Å². The topological polar surface area (TPSA) is 32.7 Å². The van der Waals surface area contributed by atoms with E-state index < -0.39 is 8.32 Å². The third-order valence-electron chi connectivity index (χ3n) is 5.76. The number of hydrogen-bond acceptors (Lipinski definition) is 3. The summed E-state index contributed by atoms with van der Waals surface area (Å²) in [6.07, 6.45) is 0. The normalized spacial score (nSPS) is 13.7. The molecule has 3 nitrogen and oxygen atoms in total. The lowest BCUT2D eigenvalue weighted by Gasteiger charge is -2.37. The zero-order chi connectivity index (χ0) is 20.6. The van der Waals surface area contributed by atoms with Crippen molar-refractivity contribution in [3.05, 3.63) is 71.8 Å². The van der Waals surface area contributed by atoms with Crippen molar-refractivity contribution in [2.24, 2.45) is 5.92 Å². The maximum atomic E-state index is 10.0. The van der Waals surface area contributed by atoms with E-state index in [9.17, 15) is 5.11 Å². The first-order valence-electron chi connectivity index (χ1n) is 10.3. The Hall–Kier alpha value is -1.46. The summed E-state index contributed by atoms with van der Waals surface area (Å²) >= 11 is 0. The van der Waals surface area contributed by atoms with Crippen LogP contribution in [-0.2, 0) is 17.5 Å². The van der Waals surface area contributed by atoms with Crippen molar-refractivity contribution in [3.63, 3.8) is 0 Å². The predicted octanol–water partition coefficient (Wildman–Crippen LogP) is 5.32. The molecule has 0 saturated heterocycles. The molecule has 0 fully saturated rings. The largest absolute Gasteiger partial charge is 0.416 e. The smallest absolute Gasteiger partial charge is 0.191 e. The molecule has 0 bridgehead atoms. The van der Waals surface area contributed by atoms with Crippen molar-refractivity contribution in [2.75, 3.05) is 19.8 Å². The van der Waals surface area contributed by atoms with Gasteiger partial charge < -0.3 is 9.53 Å². The Morgan fingerprint density at radius 1 is 0.893 bits per heavy atom. The lowest BCUT2D eigenvalue weighted by atomic mass is 10.1. The van der Waals surface area contributed by atoms with E-state index in [-0.39, 0.29) is 17.6 Å². The predicted molar refractivity (Wildman–Crippen MR) is 121 cm³/mol. The minimum absolute atomic E-state index is 0.113. The van der Waals surface area contributed by atoms with Crippen LogP contribution in [0.1, 0.15) is 31.9 Å². The highest BCUT2D eigenvalue weighted by Gasteiger charge is 2.37. The zero-order valence-electron chi connectivity index (χ0n) is 18.2. The van der Waals surface area contributed by atoms with E-state index in [2.05, 4.69) is 99.4 Å². The van der Waals surface area contributed by atoms with Crippen molar-refractivity contribution in [2.45, 2.75) is 52.0 Å². The second kappa shape index (κ2) is 10.4. The highest BCUT2D eigenvalue weighted by molar-refractivity contribution is 6.74. The minimum Gasteiger partial charge on any atom is -0.416 e. The molecule has 0 radical (unpaired) electrons. The van der Waals surface area contributed by atoms with Gasteiger partial charge in [0.2, 0.25) is 0 Å². The molecule has 0 aliphatic rings. The number of benzene rings is 2. The van der Waals surface area contributed by atoms with Crippen molar-refractivity contribution in [3.8, 4) is 0 Å². The van der Waals surface area contributed by atoms with Crippen molar-refractivity contribution < 1.29 is 9.53 Å². The molecule has 1 atom stereocenters. The second-order valence-electron chi connectivity index (χ2n) is 9.26. The Morgan fingerprint density at radius 3 is 1.75 bits per heavy atom. The summed E-state index contributed by atoms with van der Waals surface area (Å²) in [7, 11) is -1.81. The molecule has 2 aromatic rings. The lowest BCUT2D eigenvalue weighted by Crippen LogP contribution is -2.43. The molecule has 0 amide bonds. The number of hydrogen-bond donors (Lipinski definition) is 1. The first-order chi connectivity index (χ1) is 13.2. The molecule has 0 unspecified atom stereocenters. The molecule has 2 rings (SSSR count). The molecule has 1 N–H and O–H groups in total. The fourth-order valence-corrected chi connectivity index (χ4v) is 4.02. The molecule has 28 heavy (non-hydrogen) atoms. The average Bonchev–Trinajstić information content (AvgIpc) is 2.65. The standard InChI is InChI=1S/C24H37NO2Si/c1-24(2,3)28(4,5)27-20-23(19-26)18-25(16-21-12-8-6-9-13-21)17-22-14-10-7-11-15-22/h6-15,23,26H,16-20H2,1-5H3/t23-/m1/s1. The molecular weight excluding hydrogens is 362 g/mol. The number of rotatable bonds is 10. The van der Waals surface area contributed by atoms with E-state index in [0.717, 1.165) is 19.6 Å². The summed E-state index contributed by atoms with van der Waals surface area (Å²) in [6, 6.07) is 21.1. The van der Waals surface area contributed by atoms with Gasteiger partial charge in [-0.1, -0.05) is 81.4 Å². The van der Waals surface area contributed by atoms with E-state index >= 15 is 0 Å². The highest BCUT2D eigenvalue weighted by atomic mass is 28.4. The third kappa shape index (κ3) is 7.17. The summed E-state index contributed by atoms with van der Waals surface area (Å²) in [4.78, 5) is 2.42. The van der Waals surface area contributed by atoms with Gasteiger partial charge in [-0.3, -0.25) is 4.90 Å². The van der Waals surface area contributed by atoms with Crippen LogP contribution in [0.5, 0.6) is 0 Å². The van der Waals surface area contributed by atoms with Crippen molar-refractivity contribution >= 4 is 8.32 Å².